The summed E-state index contributed by atoms with van der Waals surface area (Å²) in [6.45, 7) is 0.614. The topological polar surface area (TPSA) is 60.9 Å². The van der Waals surface area contributed by atoms with Crippen LogP contribution in [0.25, 0.3) is 0 Å². The number of ketones is 1. The van der Waals surface area contributed by atoms with Gasteiger partial charge in [-0.15, -0.1) is 0 Å². The van der Waals surface area contributed by atoms with Crippen LogP contribution in [0.5, 0.6) is 0 Å². The van der Waals surface area contributed by atoms with E-state index in [-0.39, 0.29) is 11.2 Å². The molecule has 0 amide bonds. The molecule has 2 N–H and O–H groups in total. The number of imidazole rings is 1. The van der Waals surface area contributed by atoms with Gasteiger partial charge in [-0.25, -0.2) is 4.98 Å². The van der Waals surface area contributed by atoms with E-state index in [1.807, 2.05) is 7.05 Å². The Morgan fingerprint density at radius 3 is 2.80 bits per heavy atom. The summed E-state index contributed by atoms with van der Waals surface area (Å²) in [5, 5.41) is 0. The lowest BCUT2D eigenvalue weighted by atomic mass is 9.66. The molecule has 1 saturated carbocycles. The molecule has 1 heterocycles. The number of hydrogen-bond acceptors (Lipinski definition) is 3. The van der Waals surface area contributed by atoms with E-state index in [0.29, 0.717) is 18.8 Å². The molecule has 0 spiro atoms. The molecule has 1 aliphatic rings. The molecule has 1 aromatic rings. The summed E-state index contributed by atoms with van der Waals surface area (Å²) in [5.74, 6) is 0.669. The summed E-state index contributed by atoms with van der Waals surface area (Å²) in [7, 11) is 1.84. The van der Waals surface area contributed by atoms with Gasteiger partial charge in [0.05, 0.1) is 0 Å². The molecule has 0 atom stereocenters. The number of carbonyl (C=O) groups is 1. The van der Waals surface area contributed by atoms with Crippen LogP contribution < -0.4 is 5.73 Å². The van der Waals surface area contributed by atoms with Gasteiger partial charge in [0.2, 0.25) is 0 Å². The lowest BCUT2D eigenvalue weighted by Gasteiger charge is -2.40. The van der Waals surface area contributed by atoms with Crippen LogP contribution in [-0.4, -0.2) is 21.9 Å². The van der Waals surface area contributed by atoms with E-state index in [0.717, 1.165) is 12.8 Å². The van der Waals surface area contributed by atoms with Crippen LogP contribution in [0, 0.1) is 5.41 Å². The van der Waals surface area contributed by atoms with Crippen LogP contribution in [0.3, 0.4) is 0 Å². The Morgan fingerprint density at radius 1 is 1.67 bits per heavy atom. The van der Waals surface area contributed by atoms with Crippen molar-refractivity contribution in [3.63, 3.8) is 0 Å². The Labute approximate surface area is 89.5 Å². The number of carbonyl (C=O) groups excluding carboxylic acids is 1. The maximum Gasteiger partial charge on any atom is 0.198 e. The van der Waals surface area contributed by atoms with Crippen LogP contribution in [-0.2, 0) is 7.05 Å². The van der Waals surface area contributed by atoms with Gasteiger partial charge in [0.1, 0.15) is 0 Å². The molecule has 4 nitrogen and oxygen atoms in total. The van der Waals surface area contributed by atoms with E-state index in [4.69, 9.17) is 5.73 Å². The first-order chi connectivity index (χ1) is 7.17. The Kier molecular flexibility index (Phi) is 2.61. The third kappa shape index (κ3) is 1.81. The normalized spacial score (nSPS) is 18.5. The Hall–Kier alpha value is -1.16. The molecule has 1 fully saturated rings. The second kappa shape index (κ2) is 3.77. The van der Waals surface area contributed by atoms with Crippen molar-refractivity contribution in [3.8, 4) is 0 Å². The maximum atomic E-state index is 12.0. The first kappa shape index (κ1) is 10.4. The Balaban J connectivity index is 2.07. The molecule has 0 radical (unpaired) electrons. The van der Waals surface area contributed by atoms with Crippen molar-refractivity contribution in [3.05, 3.63) is 18.2 Å². The summed E-state index contributed by atoms with van der Waals surface area (Å²) in [4.78, 5) is 16.0. The van der Waals surface area contributed by atoms with Crippen molar-refractivity contribution < 1.29 is 4.79 Å². The Bertz CT molecular complexity index is 360. The van der Waals surface area contributed by atoms with Gasteiger partial charge in [0.15, 0.2) is 11.6 Å². The fraction of sp³-hybridized carbons (Fsp3) is 0.636. The van der Waals surface area contributed by atoms with Crippen LogP contribution in [0.1, 0.15) is 36.3 Å². The summed E-state index contributed by atoms with van der Waals surface area (Å²) in [6.07, 6.45) is 7.37. The number of aromatic nitrogens is 2. The van der Waals surface area contributed by atoms with E-state index < -0.39 is 0 Å². The highest BCUT2D eigenvalue weighted by molar-refractivity contribution is 5.93. The highest BCUT2D eigenvalue weighted by Gasteiger charge is 2.38. The average Bonchev–Trinajstić information content (AvgIpc) is 2.58. The first-order valence-electron chi connectivity index (χ1n) is 5.37. The number of aryl methyl sites for hydroxylation is 1. The second-order valence-corrected chi connectivity index (χ2v) is 4.52. The van der Waals surface area contributed by atoms with Gasteiger partial charge in [0.25, 0.3) is 0 Å². The molecule has 0 aromatic carbocycles. The third-order valence-corrected chi connectivity index (χ3v) is 3.45. The van der Waals surface area contributed by atoms with E-state index in [2.05, 4.69) is 4.98 Å². The van der Waals surface area contributed by atoms with Gasteiger partial charge in [-0.1, -0.05) is 6.42 Å². The highest BCUT2D eigenvalue weighted by Crippen LogP contribution is 2.43. The fourth-order valence-corrected chi connectivity index (χ4v) is 2.18. The van der Waals surface area contributed by atoms with Gasteiger partial charge < -0.3 is 10.3 Å². The van der Waals surface area contributed by atoms with Crippen molar-refractivity contribution >= 4 is 5.78 Å². The predicted octanol–water partition coefficient (Wildman–Crippen LogP) is 1.12. The average molecular weight is 207 g/mol. The quantitative estimate of drug-likeness (QED) is 0.753. The van der Waals surface area contributed by atoms with Crippen molar-refractivity contribution in [2.24, 2.45) is 18.2 Å². The van der Waals surface area contributed by atoms with Gasteiger partial charge in [0, 0.05) is 25.9 Å². The lowest BCUT2D eigenvalue weighted by molar-refractivity contribution is 0.0773. The monoisotopic (exact) mass is 207 g/mol. The van der Waals surface area contributed by atoms with E-state index in [9.17, 15) is 4.79 Å². The summed E-state index contributed by atoms with van der Waals surface area (Å²) in [5.41, 5.74) is 5.80. The molecule has 0 aliphatic heterocycles. The summed E-state index contributed by atoms with van der Waals surface area (Å²) in [6, 6.07) is 0. The molecule has 82 valence electrons. The fourth-order valence-electron chi connectivity index (χ4n) is 2.18. The zero-order chi connectivity index (χ0) is 10.9. The minimum atomic E-state index is 0.0725. The van der Waals surface area contributed by atoms with Crippen LogP contribution in [0.15, 0.2) is 12.4 Å². The molecule has 0 bridgehead atoms. The van der Waals surface area contributed by atoms with Crippen molar-refractivity contribution in [2.75, 3.05) is 6.54 Å². The number of hydrogen-bond donors (Lipinski definition) is 1. The van der Waals surface area contributed by atoms with Crippen LogP contribution in [0.4, 0.5) is 0 Å². The van der Waals surface area contributed by atoms with E-state index in [1.165, 1.54) is 6.42 Å². The van der Waals surface area contributed by atoms with E-state index in [1.54, 1.807) is 17.0 Å². The molecular weight excluding hydrogens is 190 g/mol. The third-order valence-electron chi connectivity index (χ3n) is 3.45. The number of Topliss-reactive ketones (excluding diaryl/α,β-unsaturated/α-hetero) is 1. The predicted molar refractivity (Wildman–Crippen MR) is 57.5 cm³/mol. The lowest BCUT2D eigenvalue weighted by Crippen LogP contribution is -2.39. The van der Waals surface area contributed by atoms with Crippen molar-refractivity contribution in [1.29, 1.82) is 0 Å². The number of nitrogens with two attached hydrogens (primary N) is 1. The molecule has 4 heteroatoms. The minimum absolute atomic E-state index is 0.0725. The van der Waals surface area contributed by atoms with Crippen molar-refractivity contribution in [2.45, 2.75) is 25.7 Å². The number of nitrogens with zero attached hydrogens (tertiary/aromatic N) is 2. The standard InChI is InChI=1S/C11H17N3O/c1-14-6-5-13-10(14)9(15)7-11(8-12)3-2-4-11/h5-6H,2-4,7-8,12H2,1H3. The second-order valence-electron chi connectivity index (χ2n) is 4.52. The SMILES string of the molecule is Cn1ccnc1C(=O)CC1(CN)CCC1. The van der Waals surface area contributed by atoms with Crippen LogP contribution in [0.2, 0.25) is 0 Å². The zero-order valence-electron chi connectivity index (χ0n) is 9.07. The summed E-state index contributed by atoms with van der Waals surface area (Å²) < 4.78 is 1.77. The smallest absolute Gasteiger partial charge is 0.198 e. The maximum absolute atomic E-state index is 12.0. The molecule has 0 unspecified atom stereocenters. The molecule has 1 aliphatic carbocycles. The van der Waals surface area contributed by atoms with Gasteiger partial charge in [-0.05, 0) is 24.8 Å². The zero-order valence-corrected chi connectivity index (χ0v) is 9.07. The first-order valence-corrected chi connectivity index (χ1v) is 5.37. The molecule has 15 heavy (non-hydrogen) atoms. The van der Waals surface area contributed by atoms with Gasteiger partial charge >= 0.3 is 0 Å². The summed E-state index contributed by atoms with van der Waals surface area (Å²) >= 11 is 0. The van der Waals surface area contributed by atoms with Crippen LogP contribution >= 0.6 is 0 Å². The van der Waals surface area contributed by atoms with E-state index >= 15 is 0 Å². The molecule has 0 saturated heterocycles. The Morgan fingerprint density at radius 2 is 2.40 bits per heavy atom. The molecular formula is C11H17N3O. The minimum Gasteiger partial charge on any atom is -0.332 e. The highest BCUT2D eigenvalue weighted by atomic mass is 16.1. The molecule has 2 rings (SSSR count). The molecule has 1 aromatic heterocycles. The van der Waals surface area contributed by atoms with Gasteiger partial charge in [-0.3, -0.25) is 4.79 Å². The van der Waals surface area contributed by atoms with Crippen molar-refractivity contribution in [1.82, 2.24) is 9.55 Å². The largest absolute Gasteiger partial charge is 0.332 e. The van der Waals surface area contributed by atoms with Gasteiger partial charge in [-0.2, -0.15) is 0 Å². The number of rotatable bonds is 4.